The van der Waals surface area contributed by atoms with Crippen molar-refractivity contribution in [3.63, 3.8) is 0 Å². The Morgan fingerprint density at radius 2 is 2.16 bits per heavy atom. The minimum atomic E-state index is -0.724. The summed E-state index contributed by atoms with van der Waals surface area (Å²) in [6, 6.07) is 8.46. The molecule has 9 heteroatoms. The van der Waals surface area contributed by atoms with Gasteiger partial charge in [0.15, 0.2) is 11.5 Å². The van der Waals surface area contributed by atoms with Gasteiger partial charge in [0.05, 0.1) is 22.8 Å². The number of nitrogens with zero attached hydrogens (tertiary/aromatic N) is 2. The van der Waals surface area contributed by atoms with Crippen molar-refractivity contribution in [3.05, 3.63) is 62.7 Å². The number of para-hydroxylation sites is 1. The van der Waals surface area contributed by atoms with E-state index in [2.05, 4.69) is 10.5 Å². The normalized spacial score (nSPS) is 10.6. The summed E-state index contributed by atoms with van der Waals surface area (Å²) in [6.45, 7) is 2.08. The zero-order valence-electron chi connectivity index (χ0n) is 13.1. The Bertz CT molecular complexity index is 839. The SMILES string of the molecule is CCOc1cc(/C=N\NC(=O)c2ccccc2[N+](=O)[O-])cc(Cl)c1O. The Hall–Kier alpha value is -3.13. The molecule has 2 N–H and O–H groups in total. The van der Waals surface area contributed by atoms with Crippen molar-refractivity contribution in [1.82, 2.24) is 5.43 Å². The summed E-state index contributed by atoms with van der Waals surface area (Å²) in [5, 5.41) is 24.5. The fourth-order valence-electron chi connectivity index (χ4n) is 1.98. The number of phenolic OH excluding ortho intramolecular Hbond substituents is 1. The van der Waals surface area contributed by atoms with Crippen LogP contribution in [0.4, 0.5) is 5.69 Å². The number of hydrogen-bond donors (Lipinski definition) is 2. The minimum absolute atomic E-state index is 0.0671. The Morgan fingerprint density at radius 3 is 2.84 bits per heavy atom. The van der Waals surface area contributed by atoms with Crippen LogP contribution in [0.1, 0.15) is 22.8 Å². The van der Waals surface area contributed by atoms with Crippen molar-refractivity contribution >= 4 is 29.4 Å². The van der Waals surface area contributed by atoms with Crippen molar-refractivity contribution in [2.45, 2.75) is 6.92 Å². The van der Waals surface area contributed by atoms with Crippen LogP contribution in [0.2, 0.25) is 5.02 Å². The predicted molar refractivity (Wildman–Crippen MR) is 92.4 cm³/mol. The van der Waals surface area contributed by atoms with Gasteiger partial charge < -0.3 is 9.84 Å². The molecule has 0 saturated heterocycles. The van der Waals surface area contributed by atoms with Gasteiger partial charge in [0.1, 0.15) is 5.56 Å². The molecule has 25 heavy (non-hydrogen) atoms. The van der Waals surface area contributed by atoms with Gasteiger partial charge in [-0.2, -0.15) is 5.10 Å². The van der Waals surface area contributed by atoms with Crippen LogP contribution in [0.3, 0.4) is 0 Å². The topological polar surface area (TPSA) is 114 Å². The summed E-state index contributed by atoms with van der Waals surface area (Å²) in [5.41, 5.74) is 2.25. The summed E-state index contributed by atoms with van der Waals surface area (Å²) < 4.78 is 5.24. The third kappa shape index (κ3) is 4.45. The van der Waals surface area contributed by atoms with E-state index in [1.54, 1.807) is 6.92 Å². The number of carbonyl (C=O) groups excluding carboxylic acids is 1. The molecule has 0 radical (unpaired) electrons. The molecule has 0 aromatic heterocycles. The summed E-state index contributed by atoms with van der Waals surface area (Å²) in [7, 11) is 0. The molecule has 8 nitrogen and oxygen atoms in total. The molecule has 0 unspecified atom stereocenters. The molecule has 0 atom stereocenters. The van der Waals surface area contributed by atoms with Gasteiger partial charge in [-0.3, -0.25) is 14.9 Å². The van der Waals surface area contributed by atoms with Crippen LogP contribution < -0.4 is 10.2 Å². The quantitative estimate of drug-likeness (QED) is 0.465. The van der Waals surface area contributed by atoms with Crippen LogP contribution in [0, 0.1) is 10.1 Å². The molecule has 1 amide bonds. The zero-order chi connectivity index (χ0) is 18.4. The van der Waals surface area contributed by atoms with E-state index in [9.17, 15) is 20.0 Å². The Kier molecular flexibility index (Phi) is 5.91. The second kappa shape index (κ2) is 8.11. The van der Waals surface area contributed by atoms with Crippen molar-refractivity contribution in [2.24, 2.45) is 5.10 Å². The lowest BCUT2D eigenvalue weighted by Gasteiger charge is -2.08. The fourth-order valence-corrected chi connectivity index (χ4v) is 2.20. The second-order valence-electron chi connectivity index (χ2n) is 4.76. The number of amides is 1. The third-order valence-electron chi connectivity index (χ3n) is 3.08. The highest BCUT2D eigenvalue weighted by Crippen LogP contribution is 2.34. The number of hydrogen-bond acceptors (Lipinski definition) is 6. The largest absolute Gasteiger partial charge is 0.503 e. The first kappa shape index (κ1) is 18.2. The van der Waals surface area contributed by atoms with E-state index in [4.69, 9.17) is 16.3 Å². The number of nitro groups is 1. The van der Waals surface area contributed by atoms with Gasteiger partial charge in [-0.25, -0.2) is 5.43 Å². The highest BCUT2D eigenvalue weighted by Gasteiger charge is 2.18. The van der Waals surface area contributed by atoms with Crippen LogP contribution in [0.25, 0.3) is 0 Å². The molecule has 0 aliphatic carbocycles. The number of carbonyl (C=O) groups is 1. The maximum atomic E-state index is 12.0. The van der Waals surface area contributed by atoms with Gasteiger partial charge in [-0.1, -0.05) is 23.7 Å². The summed E-state index contributed by atoms with van der Waals surface area (Å²) in [6.07, 6.45) is 1.28. The maximum absolute atomic E-state index is 12.0. The van der Waals surface area contributed by atoms with Crippen LogP contribution in [0.5, 0.6) is 11.5 Å². The lowest BCUT2D eigenvalue weighted by molar-refractivity contribution is -0.385. The first-order valence-corrected chi connectivity index (χ1v) is 7.54. The van der Waals surface area contributed by atoms with Gasteiger partial charge >= 0.3 is 0 Å². The second-order valence-corrected chi connectivity index (χ2v) is 5.16. The van der Waals surface area contributed by atoms with Gasteiger partial charge in [-0.15, -0.1) is 0 Å². The molecule has 2 rings (SSSR count). The van der Waals surface area contributed by atoms with Crippen molar-refractivity contribution in [1.29, 1.82) is 0 Å². The first-order valence-electron chi connectivity index (χ1n) is 7.16. The Balaban J connectivity index is 2.16. The molecule has 130 valence electrons. The van der Waals surface area contributed by atoms with Crippen molar-refractivity contribution in [3.8, 4) is 11.5 Å². The lowest BCUT2D eigenvalue weighted by atomic mass is 10.2. The Morgan fingerprint density at radius 1 is 1.44 bits per heavy atom. The summed E-state index contributed by atoms with van der Waals surface area (Å²) >= 11 is 5.89. The van der Waals surface area contributed by atoms with E-state index in [1.807, 2.05) is 0 Å². The molecular weight excluding hydrogens is 350 g/mol. The highest BCUT2D eigenvalue weighted by molar-refractivity contribution is 6.32. The van der Waals surface area contributed by atoms with E-state index in [0.717, 1.165) is 0 Å². The van der Waals surface area contributed by atoms with Gasteiger partial charge in [0, 0.05) is 6.07 Å². The monoisotopic (exact) mass is 363 g/mol. The number of hydrazone groups is 1. The number of nitrogens with one attached hydrogen (secondary N) is 1. The molecule has 0 heterocycles. The molecule has 0 aliphatic heterocycles. The van der Waals surface area contributed by atoms with Crippen molar-refractivity contribution < 1.29 is 19.6 Å². The maximum Gasteiger partial charge on any atom is 0.282 e. The van der Waals surface area contributed by atoms with E-state index < -0.39 is 10.8 Å². The first-order chi connectivity index (χ1) is 11.9. The van der Waals surface area contributed by atoms with Crippen molar-refractivity contribution in [2.75, 3.05) is 6.61 Å². The van der Waals surface area contributed by atoms with Gasteiger partial charge in [-0.05, 0) is 30.7 Å². The number of nitro benzene ring substituents is 1. The molecular formula is C16H14ClN3O5. The summed E-state index contributed by atoms with van der Waals surface area (Å²) in [4.78, 5) is 22.3. The third-order valence-corrected chi connectivity index (χ3v) is 3.36. The summed E-state index contributed by atoms with van der Waals surface area (Å²) in [5.74, 6) is -0.732. The molecule has 0 bridgehead atoms. The van der Waals surface area contributed by atoms with Crippen LogP contribution in [0.15, 0.2) is 41.5 Å². The zero-order valence-corrected chi connectivity index (χ0v) is 13.9. The van der Waals surface area contributed by atoms with Crippen LogP contribution in [-0.4, -0.2) is 28.8 Å². The van der Waals surface area contributed by atoms with Crippen LogP contribution in [-0.2, 0) is 0 Å². The smallest absolute Gasteiger partial charge is 0.282 e. The number of phenols is 1. The molecule has 0 saturated carbocycles. The average molecular weight is 364 g/mol. The molecule has 0 fully saturated rings. The molecule has 2 aromatic carbocycles. The van der Waals surface area contributed by atoms with Crippen LogP contribution >= 0.6 is 11.6 Å². The van der Waals surface area contributed by atoms with E-state index in [0.29, 0.717) is 12.2 Å². The standard InChI is InChI=1S/C16H14ClN3O5/c1-2-25-14-8-10(7-12(17)15(14)21)9-18-19-16(22)11-5-3-4-6-13(11)20(23)24/h3-9,21H,2H2,1H3,(H,19,22)/b18-9-. The number of aromatic hydroxyl groups is 1. The number of ether oxygens (including phenoxy) is 1. The average Bonchev–Trinajstić information content (AvgIpc) is 2.59. The number of rotatable bonds is 6. The fraction of sp³-hybridized carbons (Fsp3) is 0.125. The predicted octanol–water partition coefficient (Wildman–Crippen LogP) is 3.12. The molecule has 2 aromatic rings. The van der Waals surface area contributed by atoms with E-state index in [-0.39, 0.29) is 27.8 Å². The number of halogens is 1. The Labute approximate surface area is 147 Å². The van der Waals surface area contributed by atoms with E-state index in [1.165, 1.54) is 42.6 Å². The molecule has 0 spiro atoms. The number of benzene rings is 2. The van der Waals surface area contributed by atoms with E-state index >= 15 is 0 Å². The minimum Gasteiger partial charge on any atom is -0.503 e. The highest BCUT2D eigenvalue weighted by atomic mass is 35.5. The molecule has 0 aliphatic rings. The lowest BCUT2D eigenvalue weighted by Crippen LogP contribution is -2.18. The van der Waals surface area contributed by atoms with Gasteiger partial charge in [0.25, 0.3) is 11.6 Å². The van der Waals surface area contributed by atoms with Gasteiger partial charge in [0.2, 0.25) is 0 Å².